The van der Waals surface area contributed by atoms with Crippen molar-refractivity contribution in [1.82, 2.24) is 0 Å². The smallest absolute Gasteiger partial charge is 0.104 e. The van der Waals surface area contributed by atoms with Crippen LogP contribution in [0, 0.1) is 0 Å². The average Bonchev–Trinajstić information content (AvgIpc) is 1.65. The van der Waals surface area contributed by atoms with Gasteiger partial charge in [0, 0.05) is 6.42 Å². The van der Waals surface area contributed by atoms with E-state index < -0.39 is 6.17 Å². The van der Waals surface area contributed by atoms with E-state index in [4.69, 9.17) is 0 Å². The number of rotatable bonds is 3. The van der Waals surface area contributed by atoms with Gasteiger partial charge in [0.05, 0.1) is 12.9 Å². The second-order valence-electron chi connectivity index (χ2n) is 1.73. The van der Waals surface area contributed by atoms with Crippen LogP contribution in [0.4, 0.5) is 4.39 Å². The lowest BCUT2D eigenvalue weighted by atomic mass is 10.3. The molecule has 0 aliphatic rings. The molecule has 0 aromatic rings. The predicted molar refractivity (Wildman–Crippen MR) is 31.3 cm³/mol. The molecule has 0 saturated heterocycles. The highest BCUT2D eigenvalue weighted by Gasteiger charge is 1.99. The molecule has 8 heavy (non-hydrogen) atoms. The van der Waals surface area contributed by atoms with Crippen LogP contribution in [0.5, 0.6) is 0 Å². The van der Waals surface area contributed by atoms with E-state index in [0.29, 0.717) is 12.2 Å². The number of methoxy groups -OCH3 is 1. The van der Waals surface area contributed by atoms with Crippen molar-refractivity contribution in [1.29, 1.82) is 0 Å². The van der Waals surface area contributed by atoms with E-state index in [1.165, 1.54) is 14.0 Å². The van der Waals surface area contributed by atoms with E-state index in [0.717, 1.165) is 0 Å². The Balaban J connectivity index is 3.25. The summed E-state index contributed by atoms with van der Waals surface area (Å²) in [5, 5.41) is 0. The van der Waals surface area contributed by atoms with Crippen molar-refractivity contribution in [3.8, 4) is 0 Å². The summed E-state index contributed by atoms with van der Waals surface area (Å²) in [4.78, 5) is 0. The molecule has 0 heterocycles. The van der Waals surface area contributed by atoms with Crippen LogP contribution in [-0.4, -0.2) is 13.3 Å². The van der Waals surface area contributed by atoms with Gasteiger partial charge in [-0.25, -0.2) is 4.39 Å². The quantitative estimate of drug-likeness (QED) is 0.514. The lowest BCUT2D eigenvalue weighted by Crippen LogP contribution is -1.95. The molecule has 0 rings (SSSR count). The SMILES string of the molecule is C=C(CC(C)F)OC. The van der Waals surface area contributed by atoms with Gasteiger partial charge in [-0.15, -0.1) is 0 Å². The van der Waals surface area contributed by atoms with Gasteiger partial charge in [0.1, 0.15) is 6.17 Å². The normalized spacial score (nSPS) is 12.9. The van der Waals surface area contributed by atoms with Crippen LogP contribution in [-0.2, 0) is 4.74 Å². The third-order valence-electron chi connectivity index (χ3n) is 0.798. The van der Waals surface area contributed by atoms with E-state index in [-0.39, 0.29) is 0 Å². The molecule has 0 fully saturated rings. The average molecular weight is 118 g/mol. The topological polar surface area (TPSA) is 9.23 Å². The second-order valence-corrected chi connectivity index (χ2v) is 1.73. The van der Waals surface area contributed by atoms with Crippen LogP contribution >= 0.6 is 0 Å². The zero-order chi connectivity index (χ0) is 6.57. The van der Waals surface area contributed by atoms with Gasteiger partial charge in [-0.3, -0.25) is 0 Å². The summed E-state index contributed by atoms with van der Waals surface area (Å²) in [5.41, 5.74) is 0. The summed E-state index contributed by atoms with van der Waals surface area (Å²) in [6, 6.07) is 0. The summed E-state index contributed by atoms with van der Waals surface area (Å²) >= 11 is 0. The molecule has 1 nitrogen and oxygen atoms in total. The Labute approximate surface area is 49.2 Å². The molecule has 0 amide bonds. The molecular formula is C6H11FO. The van der Waals surface area contributed by atoms with Crippen molar-refractivity contribution in [3.63, 3.8) is 0 Å². The van der Waals surface area contributed by atoms with Crippen LogP contribution in [0.15, 0.2) is 12.3 Å². The molecule has 1 unspecified atom stereocenters. The van der Waals surface area contributed by atoms with Gasteiger partial charge in [0.15, 0.2) is 0 Å². The Hall–Kier alpha value is -0.530. The maximum Gasteiger partial charge on any atom is 0.104 e. The van der Waals surface area contributed by atoms with Crippen LogP contribution in [0.2, 0.25) is 0 Å². The maximum atomic E-state index is 12.0. The molecule has 1 atom stereocenters. The van der Waals surface area contributed by atoms with Crippen LogP contribution < -0.4 is 0 Å². The molecule has 0 radical (unpaired) electrons. The molecule has 2 heteroatoms. The minimum atomic E-state index is -0.845. The van der Waals surface area contributed by atoms with Gasteiger partial charge >= 0.3 is 0 Å². The van der Waals surface area contributed by atoms with Crippen LogP contribution in [0.25, 0.3) is 0 Å². The first-order valence-electron chi connectivity index (χ1n) is 2.52. The highest BCUT2D eigenvalue weighted by Crippen LogP contribution is 2.04. The zero-order valence-corrected chi connectivity index (χ0v) is 5.28. The van der Waals surface area contributed by atoms with Gasteiger partial charge < -0.3 is 4.74 Å². The number of allylic oxidation sites excluding steroid dienone is 1. The first kappa shape index (κ1) is 7.47. The first-order chi connectivity index (χ1) is 3.66. The third-order valence-corrected chi connectivity index (χ3v) is 0.798. The molecule has 0 spiro atoms. The number of ether oxygens (including phenoxy) is 1. The van der Waals surface area contributed by atoms with Crippen LogP contribution in [0.1, 0.15) is 13.3 Å². The Morgan fingerprint density at radius 3 is 2.50 bits per heavy atom. The van der Waals surface area contributed by atoms with Crippen molar-refractivity contribution < 1.29 is 9.13 Å². The lowest BCUT2D eigenvalue weighted by Gasteiger charge is -2.02. The predicted octanol–water partition coefficient (Wildman–Crippen LogP) is 1.89. The number of hydrogen-bond donors (Lipinski definition) is 0. The zero-order valence-electron chi connectivity index (χ0n) is 5.28. The molecule has 0 aromatic carbocycles. The molecule has 0 bridgehead atoms. The fourth-order valence-electron chi connectivity index (χ4n) is 0.397. The minimum absolute atomic E-state index is 0.302. The molecule has 48 valence electrons. The Kier molecular flexibility index (Phi) is 3.24. The van der Waals surface area contributed by atoms with Gasteiger partial charge in [-0.1, -0.05) is 6.58 Å². The molecule has 0 saturated carbocycles. The number of hydrogen-bond acceptors (Lipinski definition) is 1. The molecule has 0 aliphatic heterocycles. The van der Waals surface area contributed by atoms with E-state index in [1.54, 1.807) is 0 Å². The highest BCUT2D eigenvalue weighted by molar-refractivity contribution is 4.83. The van der Waals surface area contributed by atoms with Crippen molar-refractivity contribution >= 4 is 0 Å². The third kappa shape index (κ3) is 3.65. The fraction of sp³-hybridized carbons (Fsp3) is 0.667. The number of halogens is 1. The van der Waals surface area contributed by atoms with E-state index in [1.807, 2.05) is 0 Å². The standard InChI is InChI=1S/C6H11FO/c1-5(7)4-6(2)8-3/h5H,2,4H2,1,3H3. The van der Waals surface area contributed by atoms with Crippen molar-refractivity contribution in [2.45, 2.75) is 19.5 Å². The number of alkyl halides is 1. The molecule has 0 N–H and O–H groups in total. The Bertz CT molecular complexity index is 78.6. The van der Waals surface area contributed by atoms with Crippen molar-refractivity contribution in [3.05, 3.63) is 12.3 Å². The van der Waals surface area contributed by atoms with Gasteiger partial charge in [-0.05, 0) is 6.92 Å². The van der Waals surface area contributed by atoms with Crippen molar-refractivity contribution in [2.75, 3.05) is 7.11 Å². The largest absolute Gasteiger partial charge is 0.502 e. The minimum Gasteiger partial charge on any atom is -0.502 e. The van der Waals surface area contributed by atoms with Crippen molar-refractivity contribution in [2.24, 2.45) is 0 Å². The first-order valence-corrected chi connectivity index (χ1v) is 2.52. The summed E-state index contributed by atoms with van der Waals surface area (Å²) < 4.78 is 16.6. The molecule has 0 aliphatic carbocycles. The summed E-state index contributed by atoms with van der Waals surface area (Å²) in [5.74, 6) is 0.500. The van der Waals surface area contributed by atoms with E-state index >= 15 is 0 Å². The van der Waals surface area contributed by atoms with Crippen LogP contribution in [0.3, 0.4) is 0 Å². The summed E-state index contributed by atoms with van der Waals surface area (Å²) in [7, 11) is 1.49. The van der Waals surface area contributed by atoms with Gasteiger partial charge in [0.25, 0.3) is 0 Å². The van der Waals surface area contributed by atoms with E-state index in [2.05, 4.69) is 11.3 Å². The monoisotopic (exact) mass is 118 g/mol. The molecule has 0 aromatic heterocycles. The van der Waals surface area contributed by atoms with E-state index in [9.17, 15) is 4.39 Å². The molecular weight excluding hydrogens is 107 g/mol. The summed E-state index contributed by atoms with van der Waals surface area (Å²) in [6.45, 7) is 4.93. The Morgan fingerprint density at radius 2 is 2.38 bits per heavy atom. The van der Waals surface area contributed by atoms with Gasteiger partial charge in [-0.2, -0.15) is 0 Å². The fourth-order valence-corrected chi connectivity index (χ4v) is 0.397. The van der Waals surface area contributed by atoms with Gasteiger partial charge in [0.2, 0.25) is 0 Å². The summed E-state index contributed by atoms with van der Waals surface area (Å²) in [6.07, 6.45) is -0.543. The second kappa shape index (κ2) is 3.47. The Morgan fingerprint density at radius 1 is 1.88 bits per heavy atom. The lowest BCUT2D eigenvalue weighted by molar-refractivity contribution is 0.242. The maximum absolute atomic E-state index is 12.0. The highest BCUT2D eigenvalue weighted by atomic mass is 19.1.